The van der Waals surface area contributed by atoms with Gasteiger partial charge in [-0.2, -0.15) is 0 Å². The topological polar surface area (TPSA) is 40.1 Å². The van der Waals surface area contributed by atoms with Crippen molar-refractivity contribution in [3.05, 3.63) is 12.2 Å². The summed E-state index contributed by atoms with van der Waals surface area (Å²) in [5.41, 5.74) is 0. The Labute approximate surface area is 142 Å². The van der Waals surface area contributed by atoms with Gasteiger partial charge in [-0.05, 0) is 38.5 Å². The summed E-state index contributed by atoms with van der Waals surface area (Å²) < 4.78 is 0. The molecular weight excluding hydrogens is 307 g/mol. The zero-order valence-electron chi connectivity index (χ0n) is 13.7. The molecule has 0 aromatic heterocycles. The van der Waals surface area contributed by atoms with Crippen LogP contribution in [0.5, 0.6) is 0 Å². The van der Waals surface area contributed by atoms with Gasteiger partial charge in [-0.15, -0.1) is 0 Å². The SMILES string of the molecule is CCCCCCCCC=CCCCCCCCC(=O)[O-].[Co+]. The molecule has 0 aromatic rings. The molecular formula is C18H33CoO2. The summed E-state index contributed by atoms with van der Waals surface area (Å²) in [5, 5.41) is 10.2. The van der Waals surface area contributed by atoms with Gasteiger partial charge in [0, 0.05) is 5.97 Å². The number of rotatable bonds is 15. The van der Waals surface area contributed by atoms with Crippen LogP contribution in [0.25, 0.3) is 0 Å². The van der Waals surface area contributed by atoms with E-state index in [1.807, 2.05) is 0 Å². The molecule has 0 aromatic carbocycles. The second-order valence-electron chi connectivity index (χ2n) is 5.71. The minimum atomic E-state index is -0.914. The van der Waals surface area contributed by atoms with Crippen molar-refractivity contribution >= 4 is 5.97 Å². The molecule has 0 saturated carbocycles. The number of aliphatic carboxylic acids is 1. The van der Waals surface area contributed by atoms with Crippen LogP contribution in [-0.2, 0) is 21.6 Å². The van der Waals surface area contributed by atoms with E-state index in [1.54, 1.807) is 0 Å². The van der Waals surface area contributed by atoms with Gasteiger partial charge in [-0.25, -0.2) is 0 Å². The Hall–Kier alpha value is -0.284. The molecule has 0 heterocycles. The fraction of sp³-hybridized carbons (Fsp3) is 0.833. The third kappa shape index (κ3) is 22.1. The molecule has 0 aliphatic rings. The molecule has 21 heavy (non-hydrogen) atoms. The number of unbranched alkanes of at least 4 members (excludes halogenated alkanes) is 11. The molecule has 0 aliphatic carbocycles. The van der Waals surface area contributed by atoms with Crippen molar-refractivity contribution in [3.8, 4) is 0 Å². The molecule has 0 N–H and O–H groups in total. The van der Waals surface area contributed by atoms with E-state index in [-0.39, 0.29) is 23.2 Å². The fourth-order valence-electron chi connectivity index (χ4n) is 2.34. The maximum absolute atomic E-state index is 10.2. The van der Waals surface area contributed by atoms with E-state index in [9.17, 15) is 9.90 Å². The van der Waals surface area contributed by atoms with Crippen molar-refractivity contribution in [2.24, 2.45) is 0 Å². The second-order valence-corrected chi connectivity index (χ2v) is 5.71. The van der Waals surface area contributed by atoms with Gasteiger partial charge in [0.15, 0.2) is 0 Å². The van der Waals surface area contributed by atoms with Crippen LogP contribution in [-0.4, -0.2) is 5.97 Å². The Morgan fingerprint density at radius 3 is 1.67 bits per heavy atom. The van der Waals surface area contributed by atoms with Crippen LogP contribution in [0.2, 0.25) is 0 Å². The molecule has 0 amide bonds. The van der Waals surface area contributed by atoms with Crippen LogP contribution < -0.4 is 5.11 Å². The standard InChI is InChI=1S/C18H34O2.Co/c1-2-3-4-5-6-7-8-9-10-11-12-13-14-15-16-17-18(19)20;/h9-10H,2-8,11-17H2,1H3,(H,19,20);/q;+1/p-1. The molecule has 126 valence electrons. The quantitative estimate of drug-likeness (QED) is 0.318. The second kappa shape index (κ2) is 19.7. The van der Waals surface area contributed by atoms with Crippen molar-refractivity contribution in [1.29, 1.82) is 0 Å². The van der Waals surface area contributed by atoms with E-state index < -0.39 is 5.97 Å². The van der Waals surface area contributed by atoms with Gasteiger partial charge in [0.2, 0.25) is 0 Å². The zero-order chi connectivity index (χ0) is 14.9. The number of carboxylic acid groups (broad SMARTS) is 1. The average molecular weight is 340 g/mol. The summed E-state index contributed by atoms with van der Waals surface area (Å²) in [7, 11) is 0. The molecule has 0 bridgehead atoms. The van der Waals surface area contributed by atoms with Gasteiger partial charge in [0.05, 0.1) is 0 Å². The van der Waals surface area contributed by atoms with Crippen LogP contribution >= 0.6 is 0 Å². The number of allylic oxidation sites excluding steroid dienone is 2. The third-order valence-electron chi connectivity index (χ3n) is 3.64. The minimum absolute atomic E-state index is 0. The molecule has 0 rings (SSSR count). The van der Waals surface area contributed by atoms with Crippen LogP contribution in [0.3, 0.4) is 0 Å². The number of carbonyl (C=O) groups is 1. The van der Waals surface area contributed by atoms with Crippen molar-refractivity contribution in [1.82, 2.24) is 0 Å². The van der Waals surface area contributed by atoms with Gasteiger partial charge >= 0.3 is 16.8 Å². The largest absolute Gasteiger partial charge is 1.00 e. The number of hydrogen-bond acceptors (Lipinski definition) is 2. The summed E-state index contributed by atoms with van der Waals surface area (Å²) >= 11 is 0. The Balaban J connectivity index is 0. The monoisotopic (exact) mass is 340 g/mol. The third-order valence-corrected chi connectivity index (χ3v) is 3.64. The number of carboxylic acids is 1. The molecule has 0 spiro atoms. The molecule has 0 fully saturated rings. The van der Waals surface area contributed by atoms with E-state index in [0.29, 0.717) is 0 Å². The summed E-state index contributed by atoms with van der Waals surface area (Å²) in [6, 6.07) is 0. The molecule has 0 saturated heterocycles. The average Bonchev–Trinajstić information content (AvgIpc) is 2.43. The van der Waals surface area contributed by atoms with Gasteiger partial charge < -0.3 is 9.90 Å². The Bertz CT molecular complexity index is 239. The molecule has 3 heteroatoms. The first-order valence-corrected chi connectivity index (χ1v) is 8.62. The van der Waals surface area contributed by atoms with E-state index >= 15 is 0 Å². The Morgan fingerprint density at radius 2 is 1.19 bits per heavy atom. The summed E-state index contributed by atoms with van der Waals surface area (Å²) in [5.74, 6) is -0.914. The number of hydrogen-bond donors (Lipinski definition) is 0. The minimum Gasteiger partial charge on any atom is -0.550 e. The van der Waals surface area contributed by atoms with Gasteiger partial charge in [0.25, 0.3) is 0 Å². The first kappa shape index (κ1) is 23.0. The van der Waals surface area contributed by atoms with Crippen LogP contribution in [0.4, 0.5) is 0 Å². The number of carbonyl (C=O) groups excluding carboxylic acids is 1. The molecule has 0 radical (unpaired) electrons. The van der Waals surface area contributed by atoms with Crippen molar-refractivity contribution in [2.45, 2.75) is 96.8 Å². The zero-order valence-corrected chi connectivity index (χ0v) is 14.7. The molecule has 0 aliphatic heterocycles. The van der Waals surface area contributed by atoms with Crippen molar-refractivity contribution < 1.29 is 26.7 Å². The van der Waals surface area contributed by atoms with Crippen LogP contribution in [0.15, 0.2) is 12.2 Å². The maximum Gasteiger partial charge on any atom is 1.00 e. The fourth-order valence-corrected chi connectivity index (χ4v) is 2.34. The molecule has 2 nitrogen and oxygen atoms in total. The Kier molecular flexibility index (Phi) is 21.6. The van der Waals surface area contributed by atoms with Gasteiger partial charge in [0.1, 0.15) is 0 Å². The normalized spacial score (nSPS) is 10.7. The van der Waals surface area contributed by atoms with Gasteiger partial charge in [-0.3, -0.25) is 0 Å². The summed E-state index contributed by atoms with van der Waals surface area (Å²) in [6.45, 7) is 2.26. The summed E-state index contributed by atoms with van der Waals surface area (Å²) in [4.78, 5) is 10.2. The van der Waals surface area contributed by atoms with Crippen LogP contribution in [0.1, 0.15) is 96.8 Å². The van der Waals surface area contributed by atoms with Crippen LogP contribution in [0, 0.1) is 0 Å². The van der Waals surface area contributed by atoms with Crippen molar-refractivity contribution in [3.63, 3.8) is 0 Å². The van der Waals surface area contributed by atoms with E-state index in [0.717, 1.165) is 19.3 Å². The Morgan fingerprint density at radius 1 is 0.762 bits per heavy atom. The van der Waals surface area contributed by atoms with Gasteiger partial charge in [-0.1, -0.05) is 70.4 Å². The molecule has 0 unspecified atom stereocenters. The predicted molar refractivity (Wildman–Crippen MR) is 84.5 cm³/mol. The van der Waals surface area contributed by atoms with E-state index in [4.69, 9.17) is 0 Å². The van der Waals surface area contributed by atoms with Crippen molar-refractivity contribution in [2.75, 3.05) is 0 Å². The first-order chi connectivity index (χ1) is 9.77. The maximum atomic E-state index is 10.2. The first-order valence-electron chi connectivity index (χ1n) is 8.62. The smallest absolute Gasteiger partial charge is 0.550 e. The predicted octanol–water partition coefficient (Wildman–Crippen LogP) is 4.77. The van der Waals surface area contributed by atoms with E-state index in [1.165, 1.54) is 64.2 Å². The summed E-state index contributed by atoms with van der Waals surface area (Å²) in [6.07, 6.45) is 20.9. The molecule has 0 atom stereocenters. The van der Waals surface area contributed by atoms with E-state index in [2.05, 4.69) is 19.1 Å².